The van der Waals surface area contributed by atoms with Gasteiger partial charge >= 0.3 is 0 Å². The van der Waals surface area contributed by atoms with Crippen molar-refractivity contribution in [3.8, 4) is 11.6 Å². The molecule has 3 rings (SSSR count). The highest BCUT2D eigenvalue weighted by atomic mass is 16.3. The third-order valence-corrected chi connectivity index (χ3v) is 2.76. The average Bonchev–Trinajstić information content (AvgIpc) is 2.81. The summed E-state index contributed by atoms with van der Waals surface area (Å²) in [5, 5.41) is 4.08. The molecule has 18 heavy (non-hydrogen) atoms. The molecule has 0 aliphatic rings. The Bertz CT molecular complexity index is 670. The van der Waals surface area contributed by atoms with Crippen molar-refractivity contribution in [1.29, 1.82) is 0 Å². The summed E-state index contributed by atoms with van der Waals surface area (Å²) >= 11 is 0. The first-order valence-corrected chi connectivity index (χ1v) is 5.78. The zero-order valence-corrected chi connectivity index (χ0v) is 10.3. The first-order valence-electron chi connectivity index (χ1n) is 5.78. The second kappa shape index (κ2) is 4.14. The molecule has 0 amide bonds. The number of nitrogens with one attached hydrogen (secondary N) is 1. The van der Waals surface area contributed by atoms with Crippen LogP contribution in [0.2, 0.25) is 0 Å². The van der Waals surface area contributed by atoms with E-state index in [-0.39, 0.29) is 0 Å². The maximum atomic E-state index is 5.76. The molecule has 2 heterocycles. The summed E-state index contributed by atoms with van der Waals surface area (Å²) < 4.78 is 5.76. The predicted octanol–water partition coefficient (Wildman–Crippen LogP) is 3.24. The fraction of sp³-hybridized carbons (Fsp3) is 0.143. The largest absolute Gasteiger partial charge is 0.453 e. The standard InChI is InChI=1S/C14H13N3O/c1-9-7-13(15-2)17-14(16-9)12-8-10-5-3-4-6-11(10)18-12/h3-8H,1-2H3,(H,15,16,17). The fourth-order valence-corrected chi connectivity index (χ4v) is 1.90. The van der Waals surface area contributed by atoms with Crippen molar-refractivity contribution in [3.63, 3.8) is 0 Å². The topological polar surface area (TPSA) is 51.0 Å². The Labute approximate surface area is 105 Å². The van der Waals surface area contributed by atoms with Gasteiger partial charge in [0.1, 0.15) is 11.4 Å². The lowest BCUT2D eigenvalue weighted by molar-refractivity contribution is 0.625. The van der Waals surface area contributed by atoms with Gasteiger partial charge in [-0.2, -0.15) is 0 Å². The molecule has 0 fully saturated rings. The molecule has 0 radical (unpaired) electrons. The zero-order valence-electron chi connectivity index (χ0n) is 10.3. The van der Waals surface area contributed by atoms with E-state index in [9.17, 15) is 0 Å². The van der Waals surface area contributed by atoms with Crippen molar-refractivity contribution in [3.05, 3.63) is 42.1 Å². The van der Waals surface area contributed by atoms with Gasteiger partial charge in [0.2, 0.25) is 0 Å². The summed E-state index contributed by atoms with van der Waals surface area (Å²) in [6, 6.07) is 11.7. The summed E-state index contributed by atoms with van der Waals surface area (Å²) in [6.45, 7) is 1.94. The first kappa shape index (κ1) is 10.8. The zero-order chi connectivity index (χ0) is 12.5. The summed E-state index contributed by atoms with van der Waals surface area (Å²) in [6.07, 6.45) is 0. The van der Waals surface area contributed by atoms with Crippen molar-refractivity contribution in [2.45, 2.75) is 6.92 Å². The third kappa shape index (κ3) is 1.82. The smallest absolute Gasteiger partial charge is 0.197 e. The average molecular weight is 239 g/mol. The summed E-state index contributed by atoms with van der Waals surface area (Å²) in [4.78, 5) is 8.80. The number of aryl methyl sites for hydroxylation is 1. The van der Waals surface area contributed by atoms with Gasteiger partial charge in [0.05, 0.1) is 0 Å². The van der Waals surface area contributed by atoms with Crippen LogP contribution in [0.4, 0.5) is 5.82 Å². The Morgan fingerprint density at radius 3 is 2.72 bits per heavy atom. The van der Waals surface area contributed by atoms with Gasteiger partial charge in [-0.3, -0.25) is 0 Å². The lowest BCUT2D eigenvalue weighted by Gasteiger charge is -2.02. The van der Waals surface area contributed by atoms with E-state index < -0.39 is 0 Å². The van der Waals surface area contributed by atoms with Gasteiger partial charge in [0.15, 0.2) is 11.6 Å². The molecule has 1 aromatic carbocycles. The molecule has 0 bridgehead atoms. The third-order valence-electron chi connectivity index (χ3n) is 2.76. The molecule has 0 unspecified atom stereocenters. The number of nitrogens with zero attached hydrogens (tertiary/aromatic N) is 2. The van der Waals surface area contributed by atoms with Crippen LogP contribution in [0.1, 0.15) is 5.69 Å². The van der Waals surface area contributed by atoms with Crippen LogP contribution in [0.15, 0.2) is 40.8 Å². The number of para-hydroxylation sites is 1. The number of furan rings is 1. The SMILES string of the molecule is CNc1cc(C)nc(-c2cc3ccccc3o2)n1. The summed E-state index contributed by atoms with van der Waals surface area (Å²) in [7, 11) is 1.84. The Morgan fingerprint density at radius 2 is 1.94 bits per heavy atom. The monoisotopic (exact) mass is 239 g/mol. The van der Waals surface area contributed by atoms with Crippen molar-refractivity contribution in [2.24, 2.45) is 0 Å². The minimum Gasteiger partial charge on any atom is -0.453 e. The van der Waals surface area contributed by atoms with E-state index in [1.54, 1.807) is 0 Å². The van der Waals surface area contributed by atoms with Crippen LogP contribution in [0.25, 0.3) is 22.6 Å². The second-order valence-electron chi connectivity index (χ2n) is 4.12. The van der Waals surface area contributed by atoms with Crippen molar-refractivity contribution < 1.29 is 4.42 Å². The molecule has 0 aliphatic carbocycles. The summed E-state index contributed by atoms with van der Waals surface area (Å²) in [5.74, 6) is 2.09. The second-order valence-corrected chi connectivity index (χ2v) is 4.12. The van der Waals surface area contributed by atoms with E-state index in [2.05, 4.69) is 15.3 Å². The Kier molecular flexibility index (Phi) is 2.48. The number of aromatic nitrogens is 2. The quantitative estimate of drug-likeness (QED) is 0.745. The maximum absolute atomic E-state index is 5.76. The molecule has 4 nitrogen and oxygen atoms in total. The van der Waals surface area contributed by atoms with Crippen LogP contribution in [-0.2, 0) is 0 Å². The minimum atomic E-state index is 0.607. The summed E-state index contributed by atoms with van der Waals surface area (Å²) in [5.41, 5.74) is 1.76. The van der Waals surface area contributed by atoms with E-state index in [4.69, 9.17) is 4.42 Å². The molecule has 0 saturated heterocycles. The molecule has 90 valence electrons. The molecular weight excluding hydrogens is 226 g/mol. The van der Waals surface area contributed by atoms with Gasteiger partial charge in [0, 0.05) is 24.2 Å². The lowest BCUT2D eigenvalue weighted by atomic mass is 10.2. The van der Waals surface area contributed by atoms with Crippen LogP contribution in [0.3, 0.4) is 0 Å². The molecular formula is C14H13N3O. The number of fused-ring (bicyclic) bond motifs is 1. The van der Waals surface area contributed by atoms with E-state index in [1.165, 1.54) is 0 Å². The molecule has 1 N–H and O–H groups in total. The highest BCUT2D eigenvalue weighted by Crippen LogP contribution is 2.26. The van der Waals surface area contributed by atoms with Gasteiger partial charge in [0.25, 0.3) is 0 Å². The predicted molar refractivity (Wildman–Crippen MR) is 71.5 cm³/mol. The number of rotatable bonds is 2. The van der Waals surface area contributed by atoms with E-state index in [0.29, 0.717) is 11.6 Å². The molecule has 0 atom stereocenters. The lowest BCUT2D eigenvalue weighted by Crippen LogP contribution is -1.97. The van der Waals surface area contributed by atoms with Crippen molar-refractivity contribution in [2.75, 3.05) is 12.4 Å². The van der Waals surface area contributed by atoms with Gasteiger partial charge in [-0.05, 0) is 19.1 Å². The van der Waals surface area contributed by atoms with Crippen LogP contribution in [0.5, 0.6) is 0 Å². The van der Waals surface area contributed by atoms with E-state index in [0.717, 1.165) is 22.5 Å². The Hall–Kier alpha value is -2.36. The van der Waals surface area contributed by atoms with Gasteiger partial charge in [-0.1, -0.05) is 18.2 Å². The highest BCUT2D eigenvalue weighted by molar-refractivity contribution is 5.81. The van der Waals surface area contributed by atoms with Gasteiger partial charge in [-0.15, -0.1) is 0 Å². The number of anilines is 1. The Balaban J connectivity index is 2.16. The highest BCUT2D eigenvalue weighted by Gasteiger charge is 2.10. The normalized spacial score (nSPS) is 10.8. The molecule has 4 heteroatoms. The van der Waals surface area contributed by atoms with Crippen LogP contribution in [-0.4, -0.2) is 17.0 Å². The van der Waals surface area contributed by atoms with Crippen LogP contribution in [0, 0.1) is 6.92 Å². The van der Waals surface area contributed by atoms with Gasteiger partial charge < -0.3 is 9.73 Å². The van der Waals surface area contributed by atoms with Crippen LogP contribution >= 0.6 is 0 Å². The molecule has 0 spiro atoms. The Morgan fingerprint density at radius 1 is 1.11 bits per heavy atom. The molecule has 0 aliphatic heterocycles. The molecule has 0 saturated carbocycles. The first-order chi connectivity index (χ1) is 8.76. The number of benzene rings is 1. The maximum Gasteiger partial charge on any atom is 0.197 e. The van der Waals surface area contributed by atoms with Crippen molar-refractivity contribution >= 4 is 16.8 Å². The molecule has 3 aromatic rings. The fourth-order valence-electron chi connectivity index (χ4n) is 1.90. The minimum absolute atomic E-state index is 0.607. The number of hydrogen-bond acceptors (Lipinski definition) is 4. The van der Waals surface area contributed by atoms with E-state index in [1.807, 2.05) is 50.4 Å². The van der Waals surface area contributed by atoms with Crippen molar-refractivity contribution in [1.82, 2.24) is 9.97 Å². The van der Waals surface area contributed by atoms with Gasteiger partial charge in [-0.25, -0.2) is 9.97 Å². The molecule has 2 aromatic heterocycles. The van der Waals surface area contributed by atoms with E-state index >= 15 is 0 Å². The van der Waals surface area contributed by atoms with Crippen LogP contribution < -0.4 is 5.32 Å². The number of hydrogen-bond donors (Lipinski definition) is 1.